The zero-order valence-corrected chi connectivity index (χ0v) is 26.2. The molecule has 0 bridgehead atoms. The molecule has 5 rings (SSSR count). The summed E-state index contributed by atoms with van der Waals surface area (Å²) in [6.07, 6.45) is 9.86. The van der Waals surface area contributed by atoms with Crippen molar-refractivity contribution in [3.63, 3.8) is 0 Å². The summed E-state index contributed by atoms with van der Waals surface area (Å²) >= 11 is 0. The summed E-state index contributed by atoms with van der Waals surface area (Å²) in [5.74, 6) is 1.68. The molecule has 0 atom stereocenters. The normalized spacial score (nSPS) is 14.4. The van der Waals surface area contributed by atoms with Crippen LogP contribution in [0.15, 0.2) is 71.9 Å². The molecule has 44 heavy (non-hydrogen) atoms. The van der Waals surface area contributed by atoms with Crippen molar-refractivity contribution in [2.75, 3.05) is 24.7 Å². The first-order valence-electron chi connectivity index (χ1n) is 14.5. The first-order valence-corrected chi connectivity index (χ1v) is 16.4. The number of nitrogens with zero attached hydrogens (tertiary/aromatic N) is 5. The van der Waals surface area contributed by atoms with E-state index in [1.807, 2.05) is 63.2 Å². The quantitative estimate of drug-likeness (QED) is 0.219. The Bertz CT molecular complexity index is 1800. The maximum atomic E-state index is 11.8. The molecular weight excluding hydrogens is 572 g/mol. The Morgan fingerprint density at radius 3 is 2.39 bits per heavy atom. The highest BCUT2D eigenvalue weighted by atomic mass is 32.2. The third kappa shape index (κ3) is 7.67. The van der Waals surface area contributed by atoms with Crippen LogP contribution < -0.4 is 10.1 Å². The number of nitriles is 1. The molecule has 0 unspecified atom stereocenters. The number of anilines is 1. The van der Waals surface area contributed by atoms with Crippen molar-refractivity contribution in [2.24, 2.45) is 0 Å². The second kappa shape index (κ2) is 13.4. The molecule has 1 aliphatic heterocycles. The number of benzene rings is 2. The van der Waals surface area contributed by atoms with E-state index < -0.39 is 9.84 Å². The van der Waals surface area contributed by atoms with Crippen molar-refractivity contribution in [3.8, 4) is 28.8 Å². The van der Waals surface area contributed by atoms with Crippen molar-refractivity contribution < 1.29 is 13.2 Å². The maximum Gasteiger partial charge on any atom is 0.231 e. The average Bonchev–Trinajstić information content (AvgIpc) is 2.99. The molecule has 0 radical (unpaired) electrons. The summed E-state index contributed by atoms with van der Waals surface area (Å²) < 4.78 is 30.0. The monoisotopic (exact) mass is 608 g/mol. The van der Waals surface area contributed by atoms with Gasteiger partial charge in [-0.1, -0.05) is 12.1 Å². The van der Waals surface area contributed by atoms with Crippen molar-refractivity contribution in [1.82, 2.24) is 19.9 Å². The number of ether oxygens (including phenoxy) is 1. The predicted octanol–water partition coefficient (Wildman–Crippen LogP) is 6.27. The van der Waals surface area contributed by atoms with Gasteiger partial charge in [0.1, 0.15) is 5.75 Å². The van der Waals surface area contributed by atoms with Gasteiger partial charge in [-0.25, -0.2) is 13.4 Å². The first-order chi connectivity index (χ1) is 21.1. The van der Waals surface area contributed by atoms with Gasteiger partial charge in [0.15, 0.2) is 9.84 Å². The van der Waals surface area contributed by atoms with Gasteiger partial charge in [0.25, 0.3) is 0 Å². The number of rotatable bonds is 9. The molecule has 10 heteroatoms. The molecule has 226 valence electrons. The van der Waals surface area contributed by atoms with Crippen LogP contribution in [0, 0.1) is 32.1 Å². The number of likely N-dealkylation sites (tertiary alicyclic amines) is 1. The van der Waals surface area contributed by atoms with Gasteiger partial charge < -0.3 is 10.1 Å². The van der Waals surface area contributed by atoms with E-state index in [0.29, 0.717) is 22.5 Å². The van der Waals surface area contributed by atoms with E-state index in [1.165, 1.54) is 12.3 Å². The molecule has 2 aromatic carbocycles. The minimum absolute atomic E-state index is 0.204. The van der Waals surface area contributed by atoms with Gasteiger partial charge in [-0.15, -0.1) is 0 Å². The number of piperidine rings is 1. The fraction of sp³-hybridized carbons (Fsp3) is 0.294. The predicted molar refractivity (Wildman–Crippen MR) is 172 cm³/mol. The molecule has 9 nitrogen and oxygen atoms in total. The van der Waals surface area contributed by atoms with Crippen LogP contribution in [0.4, 0.5) is 5.95 Å². The third-order valence-corrected chi connectivity index (χ3v) is 8.80. The lowest BCUT2D eigenvalue weighted by atomic mass is 10.0. The number of hydrogen-bond donors (Lipinski definition) is 1. The van der Waals surface area contributed by atoms with E-state index in [0.717, 1.165) is 71.6 Å². The zero-order valence-electron chi connectivity index (χ0n) is 25.4. The Balaban J connectivity index is 1.32. The van der Waals surface area contributed by atoms with Crippen LogP contribution in [-0.2, 0) is 16.4 Å². The summed E-state index contributed by atoms with van der Waals surface area (Å²) in [6.45, 7) is 8.48. The Morgan fingerprint density at radius 2 is 1.75 bits per heavy atom. The summed E-state index contributed by atoms with van der Waals surface area (Å²) in [5, 5.41) is 12.4. The van der Waals surface area contributed by atoms with Crippen LogP contribution in [-0.4, -0.2) is 53.7 Å². The van der Waals surface area contributed by atoms with Crippen LogP contribution >= 0.6 is 0 Å². The molecule has 0 aliphatic carbocycles. The first kappa shape index (κ1) is 30.9. The zero-order chi connectivity index (χ0) is 31.3. The fourth-order valence-electron chi connectivity index (χ4n) is 5.41. The minimum atomic E-state index is -3.20. The number of pyridine rings is 1. The van der Waals surface area contributed by atoms with E-state index in [4.69, 9.17) is 15.0 Å². The lowest BCUT2D eigenvalue weighted by Crippen LogP contribution is -2.39. The summed E-state index contributed by atoms with van der Waals surface area (Å²) in [7, 11) is -3.20. The molecule has 0 amide bonds. The van der Waals surface area contributed by atoms with Gasteiger partial charge in [0, 0.05) is 56.1 Å². The highest BCUT2D eigenvalue weighted by Crippen LogP contribution is 2.36. The molecular formula is C34H36N6O3S. The van der Waals surface area contributed by atoms with E-state index in [-0.39, 0.29) is 6.04 Å². The largest absolute Gasteiger partial charge is 0.438 e. The number of nitrogens with one attached hydrogen (secondary N) is 1. The smallest absolute Gasteiger partial charge is 0.231 e. The van der Waals surface area contributed by atoms with Gasteiger partial charge in [0.05, 0.1) is 16.5 Å². The minimum Gasteiger partial charge on any atom is -0.438 e. The van der Waals surface area contributed by atoms with E-state index >= 15 is 0 Å². The van der Waals surface area contributed by atoms with Crippen molar-refractivity contribution >= 4 is 21.9 Å². The standard InChI is InChI=1S/C34H36N6O3S/c1-23-18-27(6-5-14-35)19-24(2)32(23)43-33-31(28-11-15-36-25(3)20-28)21-37-34(39-33)38-29-12-16-40(17-13-29)22-26-7-9-30(10-8-26)44(4,41)42/h5-11,15,18-21,29H,12-13,16-17,22H2,1-4H3,(H,37,38,39)/b6-5+. The molecule has 1 saturated heterocycles. The van der Waals surface area contributed by atoms with Crippen molar-refractivity contribution in [1.29, 1.82) is 5.26 Å². The van der Waals surface area contributed by atoms with Crippen LogP contribution in [0.2, 0.25) is 0 Å². The van der Waals surface area contributed by atoms with E-state index in [2.05, 4.69) is 20.2 Å². The highest BCUT2D eigenvalue weighted by Gasteiger charge is 2.22. The number of hydrogen-bond acceptors (Lipinski definition) is 9. The molecule has 1 N–H and O–H groups in total. The summed E-state index contributed by atoms with van der Waals surface area (Å²) in [5.41, 5.74) is 6.47. The number of aryl methyl sites for hydroxylation is 3. The number of allylic oxidation sites excluding steroid dienone is 1. The SMILES string of the molecule is Cc1cc(-c2cnc(NC3CCN(Cc4ccc(S(C)(=O)=O)cc4)CC3)nc2Oc2c(C)cc(/C=C/C#N)cc2C)ccn1. The van der Waals surface area contributed by atoms with Gasteiger partial charge in [-0.3, -0.25) is 9.88 Å². The Hall–Kier alpha value is -4.59. The third-order valence-electron chi connectivity index (χ3n) is 7.67. The Labute approximate surface area is 259 Å². The number of sulfone groups is 1. The summed E-state index contributed by atoms with van der Waals surface area (Å²) in [6, 6.07) is 17.3. The van der Waals surface area contributed by atoms with Crippen molar-refractivity contribution in [3.05, 3.63) is 94.9 Å². The average molecular weight is 609 g/mol. The lowest BCUT2D eigenvalue weighted by molar-refractivity contribution is 0.211. The molecule has 1 aliphatic rings. The molecule has 0 saturated carbocycles. The maximum absolute atomic E-state index is 11.8. The van der Waals surface area contributed by atoms with Crippen LogP contribution in [0.25, 0.3) is 17.2 Å². The fourth-order valence-corrected chi connectivity index (χ4v) is 6.04. The lowest BCUT2D eigenvalue weighted by Gasteiger charge is -2.32. The van der Waals surface area contributed by atoms with Gasteiger partial charge in [-0.05, 0) is 104 Å². The van der Waals surface area contributed by atoms with Gasteiger partial charge >= 0.3 is 0 Å². The van der Waals surface area contributed by atoms with Crippen LogP contribution in [0.5, 0.6) is 11.6 Å². The van der Waals surface area contributed by atoms with Gasteiger partial charge in [0.2, 0.25) is 11.8 Å². The van der Waals surface area contributed by atoms with Crippen LogP contribution in [0.3, 0.4) is 0 Å². The van der Waals surface area contributed by atoms with E-state index in [1.54, 1.807) is 30.6 Å². The highest BCUT2D eigenvalue weighted by molar-refractivity contribution is 7.90. The molecule has 3 heterocycles. The topological polar surface area (TPSA) is 121 Å². The second-order valence-corrected chi connectivity index (χ2v) is 13.3. The molecule has 1 fully saturated rings. The van der Waals surface area contributed by atoms with Crippen molar-refractivity contribution in [2.45, 2.75) is 51.1 Å². The molecule has 2 aromatic heterocycles. The van der Waals surface area contributed by atoms with Crippen LogP contribution in [0.1, 0.15) is 40.8 Å². The Kier molecular flexibility index (Phi) is 9.37. The number of aromatic nitrogens is 3. The molecule has 0 spiro atoms. The van der Waals surface area contributed by atoms with E-state index in [9.17, 15) is 8.42 Å². The molecule has 4 aromatic rings. The second-order valence-electron chi connectivity index (χ2n) is 11.3. The summed E-state index contributed by atoms with van der Waals surface area (Å²) in [4.78, 5) is 16.6. The Morgan fingerprint density at radius 1 is 1.05 bits per heavy atom. The van der Waals surface area contributed by atoms with Gasteiger partial charge in [-0.2, -0.15) is 10.2 Å².